The predicted octanol–water partition coefficient (Wildman–Crippen LogP) is 4.31. The third-order valence-corrected chi connectivity index (χ3v) is 4.18. The molecule has 0 amide bonds. The third-order valence-electron chi connectivity index (χ3n) is 3.95. The van der Waals surface area contributed by atoms with Crippen molar-refractivity contribution in [3.8, 4) is 0 Å². The van der Waals surface area contributed by atoms with Crippen LogP contribution in [0.25, 0.3) is 0 Å². The van der Waals surface area contributed by atoms with Crippen LogP contribution in [0.15, 0.2) is 24.3 Å². The molecule has 0 radical (unpaired) electrons. The second-order valence-electron chi connectivity index (χ2n) is 5.31. The summed E-state index contributed by atoms with van der Waals surface area (Å²) >= 11 is 5.97. The number of aliphatic carboxylic acids is 1. The Kier molecular flexibility index (Phi) is 4.28. The molecule has 0 heterocycles. The Hall–Kier alpha value is -1.02. The maximum absolute atomic E-state index is 11.7. The standard InChI is InChI=1S/C15H19ClO2/c16-13-7-5-6-12(10-13)11-15(14(17)18)8-3-1-2-4-9-15/h5-7,10H,1-4,8-9,11H2,(H,17,18). The fraction of sp³-hybridized carbons (Fsp3) is 0.533. The second kappa shape index (κ2) is 5.75. The van der Waals surface area contributed by atoms with E-state index in [0.29, 0.717) is 11.4 Å². The van der Waals surface area contributed by atoms with E-state index >= 15 is 0 Å². The van der Waals surface area contributed by atoms with Crippen LogP contribution >= 0.6 is 11.6 Å². The van der Waals surface area contributed by atoms with Gasteiger partial charge in [-0.2, -0.15) is 0 Å². The Bertz CT molecular complexity index is 420. The number of carbonyl (C=O) groups is 1. The van der Waals surface area contributed by atoms with Crippen molar-refractivity contribution in [2.24, 2.45) is 5.41 Å². The minimum Gasteiger partial charge on any atom is -0.481 e. The molecule has 1 aromatic carbocycles. The van der Waals surface area contributed by atoms with Gasteiger partial charge in [-0.1, -0.05) is 49.4 Å². The largest absolute Gasteiger partial charge is 0.481 e. The number of rotatable bonds is 3. The summed E-state index contributed by atoms with van der Waals surface area (Å²) < 4.78 is 0. The number of carboxylic acid groups (broad SMARTS) is 1. The van der Waals surface area contributed by atoms with E-state index in [1.807, 2.05) is 24.3 Å². The second-order valence-corrected chi connectivity index (χ2v) is 5.74. The summed E-state index contributed by atoms with van der Waals surface area (Å²) in [7, 11) is 0. The SMILES string of the molecule is O=C(O)C1(Cc2cccc(Cl)c2)CCCCCC1. The molecule has 18 heavy (non-hydrogen) atoms. The van der Waals surface area contributed by atoms with Crippen molar-refractivity contribution in [1.82, 2.24) is 0 Å². The molecule has 2 nitrogen and oxygen atoms in total. The van der Waals surface area contributed by atoms with Crippen LogP contribution in [0.4, 0.5) is 0 Å². The Morgan fingerprint density at radius 2 is 1.89 bits per heavy atom. The van der Waals surface area contributed by atoms with Crippen molar-refractivity contribution >= 4 is 17.6 Å². The predicted molar refractivity (Wildman–Crippen MR) is 72.9 cm³/mol. The van der Waals surface area contributed by atoms with Crippen molar-refractivity contribution in [2.45, 2.75) is 44.9 Å². The monoisotopic (exact) mass is 266 g/mol. The smallest absolute Gasteiger partial charge is 0.309 e. The van der Waals surface area contributed by atoms with Gasteiger partial charge in [0.05, 0.1) is 5.41 Å². The van der Waals surface area contributed by atoms with E-state index in [1.165, 1.54) is 0 Å². The Morgan fingerprint density at radius 1 is 1.22 bits per heavy atom. The first-order chi connectivity index (χ1) is 8.62. The minimum atomic E-state index is -0.649. The van der Waals surface area contributed by atoms with Gasteiger partial charge in [0.25, 0.3) is 0 Å². The molecule has 0 spiro atoms. The molecule has 1 aliphatic rings. The molecule has 0 saturated heterocycles. The lowest BCUT2D eigenvalue weighted by atomic mass is 9.75. The molecule has 0 aromatic heterocycles. The molecule has 0 unspecified atom stereocenters. The molecule has 0 aliphatic heterocycles. The van der Waals surface area contributed by atoms with E-state index in [9.17, 15) is 9.90 Å². The third kappa shape index (κ3) is 3.05. The highest BCUT2D eigenvalue weighted by atomic mass is 35.5. The average Bonchev–Trinajstić information content (AvgIpc) is 2.55. The summed E-state index contributed by atoms with van der Waals surface area (Å²) in [5.74, 6) is -0.649. The van der Waals surface area contributed by atoms with Crippen LogP contribution in [0.2, 0.25) is 5.02 Å². The zero-order chi connectivity index (χ0) is 13.0. The van der Waals surface area contributed by atoms with Gasteiger partial charge < -0.3 is 5.11 Å². The number of benzene rings is 1. The topological polar surface area (TPSA) is 37.3 Å². The summed E-state index contributed by atoms with van der Waals surface area (Å²) in [5, 5.41) is 10.3. The molecular formula is C15H19ClO2. The van der Waals surface area contributed by atoms with Crippen LogP contribution in [0, 0.1) is 5.41 Å². The van der Waals surface area contributed by atoms with Crippen LogP contribution in [-0.2, 0) is 11.2 Å². The van der Waals surface area contributed by atoms with Gasteiger partial charge in [-0.25, -0.2) is 0 Å². The molecule has 0 bridgehead atoms. The maximum atomic E-state index is 11.7. The van der Waals surface area contributed by atoms with Crippen LogP contribution in [0.5, 0.6) is 0 Å². The quantitative estimate of drug-likeness (QED) is 0.828. The Morgan fingerprint density at radius 3 is 2.44 bits per heavy atom. The molecular weight excluding hydrogens is 248 g/mol. The van der Waals surface area contributed by atoms with Crippen molar-refractivity contribution in [3.63, 3.8) is 0 Å². The summed E-state index contributed by atoms with van der Waals surface area (Å²) in [6.45, 7) is 0. The molecule has 1 aromatic rings. The highest BCUT2D eigenvalue weighted by Crippen LogP contribution is 2.38. The molecule has 0 atom stereocenters. The summed E-state index contributed by atoms with van der Waals surface area (Å²) in [4.78, 5) is 11.7. The van der Waals surface area contributed by atoms with Gasteiger partial charge in [-0.05, 0) is 37.0 Å². The lowest BCUT2D eigenvalue weighted by Crippen LogP contribution is -2.32. The highest BCUT2D eigenvalue weighted by molar-refractivity contribution is 6.30. The van der Waals surface area contributed by atoms with Crippen LogP contribution in [0.3, 0.4) is 0 Å². The first-order valence-corrected chi connectivity index (χ1v) is 6.98. The zero-order valence-corrected chi connectivity index (χ0v) is 11.2. The summed E-state index contributed by atoms with van der Waals surface area (Å²) in [6, 6.07) is 7.58. The summed E-state index contributed by atoms with van der Waals surface area (Å²) in [5.41, 5.74) is 0.452. The van der Waals surface area contributed by atoms with Gasteiger partial charge in [-0.3, -0.25) is 4.79 Å². The van der Waals surface area contributed by atoms with Crippen LogP contribution in [0.1, 0.15) is 44.1 Å². The normalized spacial score (nSPS) is 19.2. The molecule has 1 N–H and O–H groups in total. The van der Waals surface area contributed by atoms with E-state index in [1.54, 1.807) is 0 Å². The van der Waals surface area contributed by atoms with Gasteiger partial charge in [0.2, 0.25) is 0 Å². The number of hydrogen-bond acceptors (Lipinski definition) is 1. The van der Waals surface area contributed by atoms with E-state index in [0.717, 1.165) is 44.1 Å². The number of hydrogen-bond donors (Lipinski definition) is 1. The molecule has 98 valence electrons. The Balaban J connectivity index is 2.22. The number of carboxylic acids is 1. The van der Waals surface area contributed by atoms with Crippen molar-refractivity contribution in [1.29, 1.82) is 0 Å². The lowest BCUT2D eigenvalue weighted by molar-refractivity contribution is -0.149. The fourth-order valence-electron chi connectivity index (χ4n) is 2.91. The van der Waals surface area contributed by atoms with Gasteiger partial charge in [-0.15, -0.1) is 0 Å². The van der Waals surface area contributed by atoms with E-state index < -0.39 is 11.4 Å². The van der Waals surface area contributed by atoms with Gasteiger partial charge >= 0.3 is 5.97 Å². The summed E-state index contributed by atoms with van der Waals surface area (Å²) in [6.07, 6.45) is 6.53. The fourth-order valence-corrected chi connectivity index (χ4v) is 3.12. The van der Waals surface area contributed by atoms with Gasteiger partial charge in [0.15, 0.2) is 0 Å². The van der Waals surface area contributed by atoms with Crippen molar-refractivity contribution in [2.75, 3.05) is 0 Å². The molecule has 1 aliphatic carbocycles. The van der Waals surface area contributed by atoms with E-state index in [2.05, 4.69) is 0 Å². The van der Waals surface area contributed by atoms with Crippen molar-refractivity contribution in [3.05, 3.63) is 34.9 Å². The maximum Gasteiger partial charge on any atom is 0.309 e. The lowest BCUT2D eigenvalue weighted by Gasteiger charge is -2.28. The number of halogens is 1. The highest BCUT2D eigenvalue weighted by Gasteiger charge is 2.38. The average molecular weight is 267 g/mol. The Labute approximate surface area is 113 Å². The molecule has 1 saturated carbocycles. The van der Waals surface area contributed by atoms with Gasteiger partial charge in [0, 0.05) is 5.02 Å². The molecule has 2 rings (SSSR count). The molecule has 3 heteroatoms. The molecule has 1 fully saturated rings. The van der Waals surface area contributed by atoms with E-state index in [4.69, 9.17) is 11.6 Å². The minimum absolute atomic E-state index is 0.582. The van der Waals surface area contributed by atoms with Crippen molar-refractivity contribution < 1.29 is 9.90 Å². The first-order valence-electron chi connectivity index (χ1n) is 6.60. The van der Waals surface area contributed by atoms with E-state index in [-0.39, 0.29) is 0 Å². The zero-order valence-electron chi connectivity index (χ0n) is 10.5. The van der Waals surface area contributed by atoms with Crippen LogP contribution < -0.4 is 0 Å². The van der Waals surface area contributed by atoms with Gasteiger partial charge in [0.1, 0.15) is 0 Å². The van der Waals surface area contributed by atoms with Crippen LogP contribution in [-0.4, -0.2) is 11.1 Å². The first kappa shape index (κ1) is 13.4.